The van der Waals surface area contributed by atoms with Gasteiger partial charge in [-0.1, -0.05) is 23.7 Å². The molecule has 2 heterocycles. The lowest BCUT2D eigenvalue weighted by Crippen LogP contribution is -2.47. The number of halogens is 1. The summed E-state index contributed by atoms with van der Waals surface area (Å²) in [5.74, 6) is 1.22. The third-order valence-corrected chi connectivity index (χ3v) is 5.34. The molecule has 2 aliphatic heterocycles. The van der Waals surface area contributed by atoms with Crippen LogP contribution in [-0.4, -0.2) is 37.7 Å². The van der Waals surface area contributed by atoms with Crippen LogP contribution >= 0.6 is 11.6 Å². The van der Waals surface area contributed by atoms with Crippen molar-refractivity contribution in [1.82, 2.24) is 4.90 Å². The number of benzene rings is 1. The van der Waals surface area contributed by atoms with Crippen molar-refractivity contribution in [3.63, 3.8) is 0 Å². The number of hydrogen-bond donors (Lipinski definition) is 0. The molecule has 1 aromatic carbocycles. The van der Waals surface area contributed by atoms with Gasteiger partial charge in [-0.05, 0) is 49.9 Å². The summed E-state index contributed by atoms with van der Waals surface area (Å²) in [7, 11) is 4.10. The molecule has 1 aromatic rings. The Morgan fingerprint density at radius 1 is 1.26 bits per heavy atom. The molecule has 2 bridgehead atoms. The third kappa shape index (κ3) is 2.42. The molecule has 0 radical (unpaired) electrons. The standard InChI is InChI=1S/C16H22ClNO/c1-18-13-7-8-16(18)15(10-19-2)14(9-13)11-3-5-12(17)6-4-11/h3-6,13-16H,7-10H2,1-2H3/t13-,14+,15+,16+/m0/s1. The SMILES string of the molecule is COC[C@@H]1[C@@H](c2ccc(Cl)cc2)C[C@@H]2CC[C@H]1N2C. The van der Waals surface area contributed by atoms with Crippen LogP contribution in [0.3, 0.4) is 0 Å². The van der Waals surface area contributed by atoms with Gasteiger partial charge >= 0.3 is 0 Å². The molecule has 0 N–H and O–H groups in total. The van der Waals surface area contributed by atoms with Gasteiger partial charge in [0.15, 0.2) is 0 Å². The molecule has 19 heavy (non-hydrogen) atoms. The van der Waals surface area contributed by atoms with Crippen molar-refractivity contribution in [1.29, 1.82) is 0 Å². The predicted molar refractivity (Wildman–Crippen MR) is 78.7 cm³/mol. The molecule has 104 valence electrons. The van der Waals surface area contributed by atoms with E-state index in [9.17, 15) is 0 Å². The van der Waals surface area contributed by atoms with Gasteiger partial charge in [0.25, 0.3) is 0 Å². The lowest BCUT2D eigenvalue weighted by molar-refractivity contribution is 0.0405. The monoisotopic (exact) mass is 279 g/mol. The fourth-order valence-electron chi connectivity index (χ4n) is 4.09. The molecule has 2 fully saturated rings. The maximum absolute atomic E-state index is 6.01. The van der Waals surface area contributed by atoms with Crippen LogP contribution in [0.25, 0.3) is 0 Å². The van der Waals surface area contributed by atoms with Gasteiger partial charge < -0.3 is 9.64 Å². The van der Waals surface area contributed by atoms with Crippen LogP contribution in [0, 0.1) is 5.92 Å². The van der Waals surface area contributed by atoms with E-state index in [2.05, 4.69) is 24.1 Å². The van der Waals surface area contributed by atoms with Gasteiger partial charge in [0, 0.05) is 30.1 Å². The quantitative estimate of drug-likeness (QED) is 0.839. The Kier molecular flexibility index (Phi) is 3.84. The predicted octanol–water partition coefficient (Wildman–Crippen LogP) is 3.55. The summed E-state index contributed by atoms with van der Waals surface area (Å²) in [6, 6.07) is 9.85. The Morgan fingerprint density at radius 2 is 2.00 bits per heavy atom. The molecule has 2 nitrogen and oxygen atoms in total. The Bertz CT molecular complexity index is 433. The number of piperidine rings is 1. The maximum atomic E-state index is 6.01. The zero-order valence-corrected chi connectivity index (χ0v) is 12.4. The van der Waals surface area contributed by atoms with Crippen molar-refractivity contribution in [2.45, 2.75) is 37.3 Å². The van der Waals surface area contributed by atoms with Gasteiger partial charge in [0.05, 0.1) is 6.61 Å². The minimum Gasteiger partial charge on any atom is -0.384 e. The smallest absolute Gasteiger partial charge is 0.0511 e. The molecule has 0 aliphatic carbocycles. The number of fused-ring (bicyclic) bond motifs is 2. The first kappa shape index (κ1) is 13.4. The first-order valence-electron chi connectivity index (χ1n) is 7.17. The summed E-state index contributed by atoms with van der Waals surface area (Å²) in [6.45, 7) is 0.856. The molecule has 2 saturated heterocycles. The summed E-state index contributed by atoms with van der Waals surface area (Å²) < 4.78 is 5.50. The highest BCUT2D eigenvalue weighted by Gasteiger charge is 2.45. The van der Waals surface area contributed by atoms with Crippen molar-refractivity contribution < 1.29 is 4.74 Å². The highest BCUT2D eigenvalue weighted by molar-refractivity contribution is 6.30. The Balaban J connectivity index is 1.88. The summed E-state index contributed by atoms with van der Waals surface area (Å²) in [6.07, 6.45) is 3.91. The number of hydrogen-bond acceptors (Lipinski definition) is 2. The second-order valence-electron chi connectivity index (χ2n) is 5.98. The van der Waals surface area contributed by atoms with Crippen LogP contribution in [0.15, 0.2) is 24.3 Å². The largest absolute Gasteiger partial charge is 0.384 e. The van der Waals surface area contributed by atoms with Gasteiger partial charge in [0.2, 0.25) is 0 Å². The minimum atomic E-state index is 0.606. The van der Waals surface area contributed by atoms with E-state index in [0.717, 1.165) is 17.7 Å². The maximum Gasteiger partial charge on any atom is 0.0511 e. The molecular weight excluding hydrogens is 258 g/mol. The highest BCUT2D eigenvalue weighted by Crippen LogP contribution is 2.46. The van der Waals surface area contributed by atoms with Crippen molar-refractivity contribution in [2.24, 2.45) is 5.92 Å². The van der Waals surface area contributed by atoms with Crippen LogP contribution in [-0.2, 0) is 4.74 Å². The van der Waals surface area contributed by atoms with Crippen LogP contribution in [0.5, 0.6) is 0 Å². The van der Waals surface area contributed by atoms with E-state index in [4.69, 9.17) is 16.3 Å². The molecule has 0 spiro atoms. The average molecular weight is 280 g/mol. The number of rotatable bonds is 3. The average Bonchev–Trinajstić information content (AvgIpc) is 2.65. The van der Waals surface area contributed by atoms with Crippen molar-refractivity contribution in [3.8, 4) is 0 Å². The van der Waals surface area contributed by atoms with E-state index in [1.54, 1.807) is 0 Å². The molecule has 2 aliphatic rings. The van der Waals surface area contributed by atoms with Crippen LogP contribution in [0.1, 0.15) is 30.7 Å². The molecule has 3 rings (SSSR count). The molecule has 0 amide bonds. The van der Waals surface area contributed by atoms with E-state index in [1.807, 2.05) is 19.2 Å². The van der Waals surface area contributed by atoms with Gasteiger partial charge in [-0.3, -0.25) is 0 Å². The second kappa shape index (κ2) is 5.43. The van der Waals surface area contributed by atoms with E-state index in [1.165, 1.54) is 24.8 Å². The topological polar surface area (TPSA) is 12.5 Å². The van der Waals surface area contributed by atoms with Crippen molar-refractivity contribution in [2.75, 3.05) is 20.8 Å². The Hall–Kier alpha value is -0.570. The Morgan fingerprint density at radius 3 is 2.68 bits per heavy atom. The molecule has 0 saturated carbocycles. The lowest BCUT2D eigenvalue weighted by Gasteiger charge is -2.43. The summed E-state index contributed by atoms with van der Waals surface area (Å²) in [5.41, 5.74) is 1.43. The first-order chi connectivity index (χ1) is 9.20. The van der Waals surface area contributed by atoms with E-state index in [-0.39, 0.29) is 0 Å². The normalized spacial score (nSPS) is 34.7. The van der Waals surface area contributed by atoms with Gasteiger partial charge in [0.1, 0.15) is 0 Å². The van der Waals surface area contributed by atoms with Crippen molar-refractivity contribution in [3.05, 3.63) is 34.9 Å². The summed E-state index contributed by atoms with van der Waals surface area (Å²) in [5, 5.41) is 0.822. The van der Waals surface area contributed by atoms with E-state index < -0.39 is 0 Å². The van der Waals surface area contributed by atoms with Crippen LogP contribution < -0.4 is 0 Å². The fourth-order valence-corrected chi connectivity index (χ4v) is 4.22. The van der Waals surface area contributed by atoms with Gasteiger partial charge in [-0.15, -0.1) is 0 Å². The zero-order chi connectivity index (χ0) is 13.4. The van der Waals surface area contributed by atoms with Crippen LogP contribution in [0.4, 0.5) is 0 Å². The molecule has 3 heteroatoms. The number of methoxy groups -OCH3 is 1. The summed E-state index contributed by atoms with van der Waals surface area (Å²) >= 11 is 6.01. The van der Waals surface area contributed by atoms with Gasteiger partial charge in [-0.2, -0.15) is 0 Å². The molecule has 4 atom stereocenters. The second-order valence-corrected chi connectivity index (χ2v) is 6.41. The molecule has 0 aromatic heterocycles. The van der Waals surface area contributed by atoms with Crippen molar-refractivity contribution >= 4 is 11.6 Å². The van der Waals surface area contributed by atoms with E-state index >= 15 is 0 Å². The lowest BCUT2D eigenvalue weighted by atomic mass is 9.76. The number of nitrogens with zero attached hydrogens (tertiary/aromatic N) is 1. The Labute approximate surface area is 120 Å². The summed E-state index contributed by atoms with van der Waals surface area (Å²) in [4.78, 5) is 2.58. The zero-order valence-electron chi connectivity index (χ0n) is 11.7. The number of ether oxygens (including phenoxy) is 1. The third-order valence-electron chi connectivity index (χ3n) is 5.09. The molecule has 0 unspecified atom stereocenters. The highest BCUT2D eigenvalue weighted by atomic mass is 35.5. The van der Waals surface area contributed by atoms with E-state index in [0.29, 0.717) is 17.9 Å². The fraction of sp³-hybridized carbons (Fsp3) is 0.625. The van der Waals surface area contributed by atoms with Crippen LogP contribution in [0.2, 0.25) is 5.02 Å². The minimum absolute atomic E-state index is 0.606. The molecular formula is C16H22ClNO. The van der Waals surface area contributed by atoms with Gasteiger partial charge in [-0.25, -0.2) is 0 Å². The first-order valence-corrected chi connectivity index (χ1v) is 7.55.